The van der Waals surface area contributed by atoms with Gasteiger partial charge in [-0.25, -0.2) is 9.07 Å². The number of rotatable bonds is 6. The third-order valence-corrected chi connectivity index (χ3v) is 4.10. The first-order valence-corrected chi connectivity index (χ1v) is 7.68. The fourth-order valence-electron chi connectivity index (χ4n) is 1.87. The predicted molar refractivity (Wildman–Crippen MR) is 81.5 cm³/mol. The van der Waals surface area contributed by atoms with Crippen LogP contribution in [-0.4, -0.2) is 20.9 Å². The van der Waals surface area contributed by atoms with Crippen LogP contribution in [0.2, 0.25) is 0 Å². The summed E-state index contributed by atoms with van der Waals surface area (Å²) in [4.78, 5) is 23.3. The zero-order valence-corrected chi connectivity index (χ0v) is 12.8. The Balaban J connectivity index is 2.24. The van der Waals surface area contributed by atoms with Crippen LogP contribution in [0.25, 0.3) is 0 Å². The summed E-state index contributed by atoms with van der Waals surface area (Å²) in [5.41, 5.74) is 0.978. The second-order valence-corrected chi connectivity index (χ2v) is 5.61. The van der Waals surface area contributed by atoms with E-state index in [-0.39, 0.29) is 17.8 Å². The highest BCUT2D eigenvalue weighted by Gasteiger charge is 2.12. The van der Waals surface area contributed by atoms with Gasteiger partial charge in [-0.3, -0.25) is 9.59 Å². The van der Waals surface area contributed by atoms with E-state index in [0.717, 1.165) is 5.56 Å². The van der Waals surface area contributed by atoms with E-state index in [4.69, 9.17) is 5.11 Å². The minimum absolute atomic E-state index is 0.244. The number of aryl methyl sites for hydroxylation is 1. The van der Waals surface area contributed by atoms with Crippen molar-refractivity contribution >= 4 is 17.7 Å². The van der Waals surface area contributed by atoms with Gasteiger partial charge in [0.05, 0.1) is 12.1 Å². The van der Waals surface area contributed by atoms with E-state index in [0.29, 0.717) is 22.9 Å². The van der Waals surface area contributed by atoms with Gasteiger partial charge in [0.1, 0.15) is 5.82 Å². The Labute approximate surface area is 130 Å². The third-order valence-electron chi connectivity index (χ3n) is 2.96. The highest BCUT2D eigenvalue weighted by Crippen LogP contribution is 2.24. The molecule has 7 heteroatoms. The van der Waals surface area contributed by atoms with Crippen molar-refractivity contribution in [3.8, 4) is 0 Å². The first-order chi connectivity index (χ1) is 10.5. The van der Waals surface area contributed by atoms with Crippen molar-refractivity contribution in [2.75, 3.05) is 0 Å². The molecule has 1 aromatic carbocycles. The first-order valence-electron chi connectivity index (χ1n) is 6.69. The molecule has 0 aliphatic carbocycles. The van der Waals surface area contributed by atoms with Gasteiger partial charge in [-0.05, 0) is 24.6 Å². The summed E-state index contributed by atoms with van der Waals surface area (Å²) >= 11 is 1.32. The number of halogens is 1. The Morgan fingerprint density at radius 3 is 2.64 bits per heavy atom. The molecule has 1 aromatic heterocycles. The molecule has 0 fully saturated rings. The Hall–Kier alpha value is -2.15. The van der Waals surface area contributed by atoms with Crippen LogP contribution in [-0.2, 0) is 23.5 Å². The van der Waals surface area contributed by atoms with E-state index >= 15 is 0 Å². The highest BCUT2D eigenvalue weighted by molar-refractivity contribution is 7.98. The van der Waals surface area contributed by atoms with Crippen LogP contribution in [0.5, 0.6) is 0 Å². The average molecular weight is 322 g/mol. The van der Waals surface area contributed by atoms with Crippen molar-refractivity contribution < 1.29 is 14.3 Å². The molecule has 0 saturated carbocycles. The monoisotopic (exact) mass is 322 g/mol. The molecule has 0 amide bonds. The Bertz CT molecular complexity index is 729. The normalized spacial score (nSPS) is 10.6. The molecule has 0 spiro atoms. The number of nitrogens with zero attached hydrogens (tertiary/aromatic N) is 2. The van der Waals surface area contributed by atoms with Gasteiger partial charge in [-0.1, -0.05) is 12.1 Å². The molecule has 0 bridgehead atoms. The topological polar surface area (TPSA) is 72.2 Å². The van der Waals surface area contributed by atoms with Crippen LogP contribution >= 0.6 is 11.8 Å². The summed E-state index contributed by atoms with van der Waals surface area (Å²) < 4.78 is 14.1. The Kier molecular flexibility index (Phi) is 5.32. The van der Waals surface area contributed by atoms with Crippen LogP contribution < -0.4 is 5.56 Å². The van der Waals surface area contributed by atoms with Crippen molar-refractivity contribution in [2.45, 2.75) is 30.5 Å². The number of carboxylic acids is 1. The number of hydrogen-bond donors (Lipinski definition) is 1. The maximum Gasteiger partial charge on any atom is 0.309 e. The molecule has 5 nitrogen and oxygen atoms in total. The van der Waals surface area contributed by atoms with E-state index in [1.54, 1.807) is 19.1 Å². The fourth-order valence-corrected chi connectivity index (χ4v) is 2.85. The lowest BCUT2D eigenvalue weighted by atomic mass is 10.2. The molecule has 0 aliphatic heterocycles. The van der Waals surface area contributed by atoms with E-state index in [2.05, 4.69) is 5.10 Å². The van der Waals surface area contributed by atoms with Crippen LogP contribution in [0, 0.1) is 5.82 Å². The number of carbonyl (C=O) groups is 1. The maximum absolute atomic E-state index is 12.9. The number of aromatic nitrogens is 2. The summed E-state index contributed by atoms with van der Waals surface area (Å²) in [6, 6.07) is 7.44. The Morgan fingerprint density at radius 1 is 1.36 bits per heavy atom. The van der Waals surface area contributed by atoms with Gasteiger partial charge < -0.3 is 5.11 Å². The second kappa shape index (κ2) is 7.22. The molecular formula is C15H15FN2O3S. The molecule has 2 aromatic rings. The largest absolute Gasteiger partial charge is 0.481 e. The van der Waals surface area contributed by atoms with Crippen molar-refractivity contribution in [1.29, 1.82) is 0 Å². The standard InChI is InChI=1S/C15H15FN2O3S/c1-2-18-14(19)8-13(12(17-18)7-15(20)21)22-9-10-3-5-11(16)6-4-10/h3-6,8H,2,7,9H2,1H3,(H,20,21). The fraction of sp³-hybridized carbons (Fsp3) is 0.267. The lowest BCUT2D eigenvalue weighted by Gasteiger charge is -2.09. The summed E-state index contributed by atoms with van der Waals surface area (Å²) in [6.45, 7) is 2.15. The highest BCUT2D eigenvalue weighted by atomic mass is 32.2. The lowest BCUT2D eigenvalue weighted by Crippen LogP contribution is -2.24. The van der Waals surface area contributed by atoms with Crippen molar-refractivity contribution in [1.82, 2.24) is 9.78 Å². The van der Waals surface area contributed by atoms with E-state index in [1.807, 2.05) is 0 Å². The van der Waals surface area contributed by atoms with Gasteiger partial charge in [0, 0.05) is 23.3 Å². The first kappa shape index (κ1) is 16.2. The van der Waals surface area contributed by atoms with Gasteiger partial charge in [-0.15, -0.1) is 11.8 Å². The minimum atomic E-state index is -1.00. The second-order valence-electron chi connectivity index (χ2n) is 4.59. The zero-order valence-electron chi connectivity index (χ0n) is 12.0. The van der Waals surface area contributed by atoms with Crippen molar-refractivity contribution in [2.24, 2.45) is 0 Å². The maximum atomic E-state index is 12.9. The summed E-state index contributed by atoms with van der Waals surface area (Å²) in [5, 5.41) is 13.1. The van der Waals surface area contributed by atoms with Gasteiger partial charge in [0.15, 0.2) is 0 Å². The molecule has 1 heterocycles. The van der Waals surface area contributed by atoms with Crippen LogP contribution in [0.4, 0.5) is 4.39 Å². The van der Waals surface area contributed by atoms with Gasteiger partial charge in [0.25, 0.3) is 5.56 Å². The van der Waals surface area contributed by atoms with E-state index in [1.165, 1.54) is 34.6 Å². The van der Waals surface area contributed by atoms with Gasteiger partial charge in [-0.2, -0.15) is 5.10 Å². The van der Waals surface area contributed by atoms with Crippen LogP contribution in [0.1, 0.15) is 18.2 Å². The van der Waals surface area contributed by atoms with Crippen molar-refractivity contribution in [3.63, 3.8) is 0 Å². The number of benzene rings is 1. The van der Waals surface area contributed by atoms with Crippen LogP contribution in [0.3, 0.4) is 0 Å². The molecule has 0 radical (unpaired) electrons. The van der Waals surface area contributed by atoms with E-state index < -0.39 is 5.97 Å². The summed E-state index contributed by atoms with van der Waals surface area (Å²) in [7, 11) is 0. The number of hydrogen-bond acceptors (Lipinski definition) is 4. The minimum Gasteiger partial charge on any atom is -0.481 e. The molecule has 0 unspecified atom stereocenters. The third kappa shape index (κ3) is 4.17. The molecule has 116 valence electrons. The number of aliphatic carboxylic acids is 1. The quantitative estimate of drug-likeness (QED) is 0.826. The van der Waals surface area contributed by atoms with Gasteiger partial charge >= 0.3 is 5.97 Å². The van der Waals surface area contributed by atoms with E-state index in [9.17, 15) is 14.0 Å². The molecule has 22 heavy (non-hydrogen) atoms. The van der Waals surface area contributed by atoms with Crippen LogP contribution in [0.15, 0.2) is 40.0 Å². The SMILES string of the molecule is CCn1nc(CC(=O)O)c(SCc2ccc(F)cc2)cc1=O. The van der Waals surface area contributed by atoms with Crippen molar-refractivity contribution in [3.05, 3.63) is 57.8 Å². The number of thioether (sulfide) groups is 1. The lowest BCUT2D eigenvalue weighted by molar-refractivity contribution is -0.136. The zero-order chi connectivity index (χ0) is 16.1. The summed E-state index contributed by atoms with van der Waals surface area (Å²) in [6.07, 6.45) is -0.244. The summed E-state index contributed by atoms with van der Waals surface area (Å²) in [5.74, 6) is -0.811. The molecule has 0 aliphatic rings. The average Bonchev–Trinajstić information content (AvgIpc) is 2.48. The molecule has 2 rings (SSSR count). The smallest absolute Gasteiger partial charge is 0.309 e. The number of carboxylic acid groups (broad SMARTS) is 1. The Morgan fingerprint density at radius 2 is 2.05 bits per heavy atom. The molecule has 1 N–H and O–H groups in total. The molecular weight excluding hydrogens is 307 g/mol. The molecule has 0 atom stereocenters. The molecule has 0 saturated heterocycles. The predicted octanol–water partition coefficient (Wildman–Crippen LogP) is 2.32. The van der Waals surface area contributed by atoms with Gasteiger partial charge in [0.2, 0.25) is 0 Å².